The first kappa shape index (κ1) is 26.0. The maximum Gasteiger partial charge on any atom is 0.310 e. The van der Waals surface area contributed by atoms with Gasteiger partial charge in [0, 0.05) is 0 Å². The third kappa shape index (κ3) is 3.58. The van der Waals surface area contributed by atoms with Crippen molar-refractivity contribution in [3.05, 3.63) is 23.3 Å². The highest BCUT2D eigenvalue weighted by molar-refractivity contribution is 5.72. The lowest BCUT2D eigenvalue weighted by molar-refractivity contribution is -0.139. The minimum absolute atomic E-state index is 0.00457. The lowest BCUT2D eigenvalue weighted by Crippen LogP contribution is -2.55. The van der Waals surface area contributed by atoms with Gasteiger partial charge in [-0.25, -0.2) is 0 Å². The molecule has 8 atom stereocenters. The number of carboxylic acid groups (broad SMARTS) is 1. The van der Waals surface area contributed by atoms with Crippen molar-refractivity contribution in [2.24, 2.45) is 45.3 Å². The summed E-state index contributed by atoms with van der Waals surface area (Å²) in [5.74, 6) is 0.645. The number of hydrogen-bond acceptors (Lipinski definition) is 2. The Kier molecular flexibility index (Phi) is 6.49. The Morgan fingerprint density at radius 3 is 2.32 bits per heavy atom. The molecule has 0 aromatic heterocycles. The highest BCUT2D eigenvalue weighted by Gasteiger charge is 2.63. The van der Waals surface area contributed by atoms with Gasteiger partial charge >= 0.3 is 5.97 Å². The zero-order chi connectivity index (χ0) is 25.3. The van der Waals surface area contributed by atoms with Gasteiger partial charge in [0.15, 0.2) is 0 Å². The van der Waals surface area contributed by atoms with Crippen LogP contribution < -0.4 is 0 Å². The number of aliphatic hydroxyl groups excluding tert-OH is 1. The SMILES string of the molecule is C=C(CC[C@@H](C)[C@H]1CC[C@@]2(C)C3=C(CC[C@]12C)[C@@]1(C)CC[C@@H](O)C(C)(C)[C@@H]1CC3)[C@@H](C)C(=O)O. The largest absolute Gasteiger partial charge is 0.481 e. The fraction of sp³-hybridized carbons (Fsp3) is 0.839. The monoisotopic (exact) mass is 470 g/mol. The van der Waals surface area contributed by atoms with Gasteiger partial charge in [-0.05, 0) is 111 Å². The summed E-state index contributed by atoms with van der Waals surface area (Å²) >= 11 is 0. The number of allylic oxidation sites excluding steroid dienone is 2. The number of aliphatic carboxylic acids is 1. The molecule has 0 amide bonds. The van der Waals surface area contributed by atoms with E-state index in [0.717, 1.165) is 31.3 Å². The molecule has 0 radical (unpaired) electrons. The lowest BCUT2D eigenvalue weighted by atomic mass is 9.43. The maximum atomic E-state index is 11.4. The van der Waals surface area contributed by atoms with Crippen molar-refractivity contribution in [2.45, 2.75) is 119 Å². The van der Waals surface area contributed by atoms with Gasteiger partial charge in [0.05, 0.1) is 12.0 Å². The van der Waals surface area contributed by atoms with Crippen LogP contribution >= 0.6 is 0 Å². The van der Waals surface area contributed by atoms with Crippen LogP contribution in [0.5, 0.6) is 0 Å². The highest BCUT2D eigenvalue weighted by Crippen LogP contribution is 2.72. The van der Waals surface area contributed by atoms with Crippen LogP contribution in [0.4, 0.5) is 0 Å². The molecule has 0 bridgehead atoms. The Morgan fingerprint density at radius 2 is 1.68 bits per heavy atom. The fourth-order valence-electron chi connectivity index (χ4n) is 9.63. The van der Waals surface area contributed by atoms with Gasteiger partial charge in [-0.3, -0.25) is 4.79 Å². The number of aliphatic hydroxyl groups is 1. The van der Waals surface area contributed by atoms with Gasteiger partial charge in [-0.15, -0.1) is 0 Å². The summed E-state index contributed by atoms with van der Waals surface area (Å²) in [7, 11) is 0. The average molecular weight is 471 g/mol. The van der Waals surface area contributed by atoms with E-state index in [9.17, 15) is 15.0 Å². The third-order valence-corrected chi connectivity index (χ3v) is 12.4. The van der Waals surface area contributed by atoms with Crippen molar-refractivity contribution in [3.8, 4) is 0 Å². The molecule has 0 spiro atoms. The molecule has 0 saturated heterocycles. The van der Waals surface area contributed by atoms with E-state index in [0.29, 0.717) is 23.2 Å². The van der Waals surface area contributed by atoms with E-state index in [2.05, 4.69) is 48.1 Å². The molecule has 3 nitrogen and oxygen atoms in total. The topological polar surface area (TPSA) is 57.5 Å². The van der Waals surface area contributed by atoms with Gasteiger partial charge in [0.1, 0.15) is 0 Å². The van der Waals surface area contributed by atoms with Crippen LogP contribution in [0.3, 0.4) is 0 Å². The van der Waals surface area contributed by atoms with Crippen molar-refractivity contribution >= 4 is 5.97 Å². The van der Waals surface area contributed by atoms with Crippen molar-refractivity contribution in [1.29, 1.82) is 0 Å². The van der Waals surface area contributed by atoms with Gasteiger partial charge < -0.3 is 10.2 Å². The van der Waals surface area contributed by atoms with Crippen LogP contribution in [0.2, 0.25) is 0 Å². The molecule has 2 saturated carbocycles. The molecule has 0 aromatic carbocycles. The smallest absolute Gasteiger partial charge is 0.310 e. The molecule has 2 N–H and O–H groups in total. The zero-order valence-electron chi connectivity index (χ0n) is 23.0. The standard InChI is InChI=1S/C31H50O3/c1-19(21(3)27(33)34)9-10-20(2)22-13-17-31(8)24-11-12-25-28(4,5)26(32)15-16-29(25,6)23(24)14-18-30(22,31)7/h20-22,25-26,32H,1,9-18H2,2-8H3,(H,33,34)/t20-,21-,22-,25+,26-,29-,30-,31+/m1/s1. The molecule has 0 aromatic rings. The first-order valence-electron chi connectivity index (χ1n) is 14.0. The summed E-state index contributed by atoms with van der Waals surface area (Å²) in [5.41, 5.74) is 5.28. The molecular formula is C31H50O3. The highest BCUT2D eigenvalue weighted by atomic mass is 16.4. The molecule has 4 aliphatic carbocycles. The minimum Gasteiger partial charge on any atom is -0.481 e. The first-order valence-corrected chi connectivity index (χ1v) is 14.0. The second-order valence-electron chi connectivity index (χ2n) is 14.0. The van der Waals surface area contributed by atoms with Crippen LogP contribution in [0.1, 0.15) is 113 Å². The van der Waals surface area contributed by atoms with E-state index in [1.807, 2.05) is 0 Å². The Hall–Kier alpha value is -1.09. The van der Waals surface area contributed by atoms with Crippen LogP contribution in [0.15, 0.2) is 23.3 Å². The predicted molar refractivity (Wildman–Crippen MR) is 139 cm³/mol. The third-order valence-electron chi connectivity index (χ3n) is 12.4. The Balaban J connectivity index is 1.58. The van der Waals surface area contributed by atoms with E-state index >= 15 is 0 Å². The van der Waals surface area contributed by atoms with Gasteiger partial charge in [0.2, 0.25) is 0 Å². The molecule has 0 aliphatic heterocycles. The van der Waals surface area contributed by atoms with Gasteiger partial charge in [-0.1, -0.05) is 64.8 Å². The van der Waals surface area contributed by atoms with Crippen molar-refractivity contribution in [3.63, 3.8) is 0 Å². The first-order chi connectivity index (χ1) is 15.7. The van der Waals surface area contributed by atoms with Crippen molar-refractivity contribution in [2.75, 3.05) is 0 Å². The zero-order valence-corrected chi connectivity index (χ0v) is 23.0. The lowest BCUT2D eigenvalue weighted by Gasteiger charge is -2.62. The maximum absolute atomic E-state index is 11.4. The summed E-state index contributed by atoms with van der Waals surface area (Å²) in [6, 6.07) is 0. The molecule has 4 rings (SSSR count). The summed E-state index contributed by atoms with van der Waals surface area (Å²) in [5, 5.41) is 20.2. The Morgan fingerprint density at radius 1 is 1.00 bits per heavy atom. The van der Waals surface area contributed by atoms with Crippen LogP contribution in [0, 0.1) is 45.3 Å². The summed E-state index contributed by atoms with van der Waals surface area (Å²) in [6.45, 7) is 20.6. The number of rotatable bonds is 6. The molecule has 4 aliphatic rings. The van der Waals surface area contributed by atoms with E-state index in [1.165, 1.54) is 38.5 Å². The second kappa shape index (κ2) is 8.49. The van der Waals surface area contributed by atoms with Gasteiger partial charge in [0.25, 0.3) is 0 Å². The van der Waals surface area contributed by atoms with Crippen LogP contribution in [0.25, 0.3) is 0 Å². The minimum atomic E-state index is -0.757. The Labute approximate surface area is 208 Å². The van der Waals surface area contributed by atoms with E-state index in [4.69, 9.17) is 0 Å². The molecule has 0 heterocycles. The second-order valence-corrected chi connectivity index (χ2v) is 14.0. The summed E-state index contributed by atoms with van der Waals surface area (Å²) in [6.07, 6.45) is 11.3. The number of fused-ring (bicyclic) bond motifs is 4. The molecule has 2 fully saturated rings. The predicted octanol–water partition coefficient (Wildman–Crippen LogP) is 7.79. The van der Waals surface area contributed by atoms with E-state index in [-0.39, 0.29) is 22.3 Å². The summed E-state index contributed by atoms with van der Waals surface area (Å²) < 4.78 is 0. The number of hydrogen-bond donors (Lipinski definition) is 2. The van der Waals surface area contributed by atoms with Gasteiger partial charge in [-0.2, -0.15) is 0 Å². The molecule has 0 unspecified atom stereocenters. The van der Waals surface area contributed by atoms with Crippen LogP contribution in [-0.2, 0) is 4.79 Å². The van der Waals surface area contributed by atoms with Crippen molar-refractivity contribution < 1.29 is 15.0 Å². The van der Waals surface area contributed by atoms with E-state index < -0.39 is 11.9 Å². The fourth-order valence-corrected chi connectivity index (χ4v) is 9.63. The Bertz CT molecular complexity index is 883. The molecule has 34 heavy (non-hydrogen) atoms. The number of carbonyl (C=O) groups is 1. The normalized spacial score (nSPS) is 42.9. The van der Waals surface area contributed by atoms with Crippen molar-refractivity contribution in [1.82, 2.24) is 0 Å². The van der Waals surface area contributed by atoms with E-state index in [1.54, 1.807) is 18.1 Å². The van der Waals surface area contributed by atoms with Crippen LogP contribution in [-0.4, -0.2) is 22.3 Å². The quantitative estimate of drug-likeness (QED) is 0.389. The molecular weight excluding hydrogens is 420 g/mol. The molecule has 3 heteroatoms. The average Bonchev–Trinajstić information content (AvgIpc) is 3.05. The molecule has 192 valence electrons. The summed E-state index contributed by atoms with van der Waals surface area (Å²) in [4.78, 5) is 11.4. The number of carboxylic acids is 1.